The monoisotopic (exact) mass is 294 g/mol. The van der Waals surface area contributed by atoms with E-state index >= 15 is 0 Å². The number of esters is 1. The number of ether oxygens (including phenoxy) is 1. The van der Waals surface area contributed by atoms with E-state index in [1.165, 1.54) is 10.9 Å². The lowest BCUT2D eigenvalue weighted by Gasteiger charge is -2.06. The first-order valence-corrected chi connectivity index (χ1v) is 6.80. The van der Waals surface area contributed by atoms with E-state index in [1.54, 1.807) is 25.1 Å². The van der Waals surface area contributed by atoms with Gasteiger partial charge in [-0.1, -0.05) is 11.6 Å². The molecule has 6 heteroatoms. The van der Waals surface area contributed by atoms with Gasteiger partial charge in [-0.25, -0.2) is 4.98 Å². The summed E-state index contributed by atoms with van der Waals surface area (Å²) in [7, 11) is 0. The van der Waals surface area contributed by atoms with Gasteiger partial charge in [0.05, 0.1) is 23.8 Å². The number of halogens is 1. The Balaban J connectivity index is 2.13. The Labute approximate surface area is 121 Å². The minimum Gasteiger partial charge on any atom is -0.466 e. The molecule has 106 valence electrons. The highest BCUT2D eigenvalue weighted by Gasteiger charge is 2.06. The topological polar surface area (TPSA) is 61.2 Å². The first-order valence-electron chi connectivity index (χ1n) is 6.42. The van der Waals surface area contributed by atoms with Crippen LogP contribution in [0.2, 0.25) is 5.02 Å². The zero-order valence-electron chi connectivity index (χ0n) is 11.1. The molecule has 2 aromatic rings. The largest absolute Gasteiger partial charge is 0.466 e. The molecular weight excluding hydrogens is 280 g/mol. The maximum Gasteiger partial charge on any atom is 0.305 e. The normalized spacial score (nSPS) is 10.7. The SMILES string of the molecule is CCOC(=O)CCCn1cnc2ccc(Cl)cc2c1=O. The summed E-state index contributed by atoms with van der Waals surface area (Å²) in [5.74, 6) is -0.252. The smallest absolute Gasteiger partial charge is 0.305 e. The van der Waals surface area contributed by atoms with Gasteiger partial charge in [0.1, 0.15) is 0 Å². The summed E-state index contributed by atoms with van der Waals surface area (Å²) in [6, 6.07) is 5.01. The summed E-state index contributed by atoms with van der Waals surface area (Å²) in [5.41, 5.74) is 0.461. The fraction of sp³-hybridized carbons (Fsp3) is 0.357. The predicted octanol–water partition coefficient (Wildman–Crippen LogP) is 2.39. The van der Waals surface area contributed by atoms with E-state index in [0.29, 0.717) is 35.5 Å². The second-order valence-electron chi connectivity index (χ2n) is 4.31. The highest BCUT2D eigenvalue weighted by Crippen LogP contribution is 2.14. The molecule has 0 bridgehead atoms. The van der Waals surface area contributed by atoms with E-state index < -0.39 is 0 Å². The summed E-state index contributed by atoms with van der Waals surface area (Å²) >= 11 is 5.89. The fourth-order valence-corrected chi connectivity index (χ4v) is 2.09. The third-order valence-electron chi connectivity index (χ3n) is 2.87. The quantitative estimate of drug-likeness (QED) is 0.795. The zero-order chi connectivity index (χ0) is 14.5. The molecule has 0 atom stereocenters. The van der Waals surface area contributed by atoms with Crippen LogP contribution >= 0.6 is 11.6 Å². The van der Waals surface area contributed by atoms with Crippen LogP contribution in [-0.4, -0.2) is 22.1 Å². The van der Waals surface area contributed by atoms with Crippen molar-refractivity contribution in [3.63, 3.8) is 0 Å². The lowest BCUT2D eigenvalue weighted by molar-refractivity contribution is -0.143. The molecule has 0 saturated heterocycles. The molecule has 1 aromatic heterocycles. The van der Waals surface area contributed by atoms with Gasteiger partial charge in [-0.3, -0.25) is 14.2 Å². The van der Waals surface area contributed by atoms with Crippen LogP contribution in [0.3, 0.4) is 0 Å². The standard InChI is InChI=1S/C14H15ClN2O3/c1-2-20-13(18)4-3-7-17-9-16-12-6-5-10(15)8-11(12)14(17)19/h5-6,8-9H,2-4,7H2,1H3. The van der Waals surface area contributed by atoms with Crippen molar-refractivity contribution in [3.8, 4) is 0 Å². The van der Waals surface area contributed by atoms with Gasteiger partial charge in [0.25, 0.3) is 5.56 Å². The number of hydrogen-bond donors (Lipinski definition) is 0. The molecule has 5 nitrogen and oxygen atoms in total. The van der Waals surface area contributed by atoms with Gasteiger partial charge >= 0.3 is 5.97 Å². The van der Waals surface area contributed by atoms with Crippen molar-refractivity contribution >= 4 is 28.5 Å². The van der Waals surface area contributed by atoms with Crippen LogP contribution in [0, 0.1) is 0 Å². The highest BCUT2D eigenvalue weighted by atomic mass is 35.5. The summed E-state index contributed by atoms with van der Waals surface area (Å²) in [4.78, 5) is 27.7. The Hall–Kier alpha value is -1.88. The van der Waals surface area contributed by atoms with Crippen molar-refractivity contribution in [1.82, 2.24) is 9.55 Å². The minimum atomic E-state index is -0.252. The van der Waals surface area contributed by atoms with Gasteiger partial charge in [-0.05, 0) is 31.5 Å². The van der Waals surface area contributed by atoms with Gasteiger partial charge in [0, 0.05) is 18.0 Å². The predicted molar refractivity (Wildman–Crippen MR) is 76.9 cm³/mol. The van der Waals surface area contributed by atoms with Gasteiger partial charge < -0.3 is 4.74 Å². The zero-order valence-corrected chi connectivity index (χ0v) is 11.9. The number of hydrogen-bond acceptors (Lipinski definition) is 4. The first-order chi connectivity index (χ1) is 9.61. The lowest BCUT2D eigenvalue weighted by Crippen LogP contribution is -2.21. The molecule has 0 aliphatic heterocycles. The van der Waals surface area contributed by atoms with Crippen LogP contribution in [0.15, 0.2) is 29.3 Å². The number of fused-ring (bicyclic) bond motifs is 1. The molecule has 1 heterocycles. The molecule has 0 unspecified atom stereocenters. The number of rotatable bonds is 5. The molecule has 0 radical (unpaired) electrons. The second kappa shape index (κ2) is 6.52. The number of carbonyl (C=O) groups is 1. The van der Waals surface area contributed by atoms with E-state index in [-0.39, 0.29) is 17.9 Å². The Kier molecular flexibility index (Phi) is 4.74. The van der Waals surface area contributed by atoms with E-state index in [9.17, 15) is 9.59 Å². The maximum absolute atomic E-state index is 12.2. The second-order valence-corrected chi connectivity index (χ2v) is 4.75. The molecule has 1 aromatic carbocycles. The molecule has 0 saturated carbocycles. The van der Waals surface area contributed by atoms with Crippen LogP contribution in [0.1, 0.15) is 19.8 Å². The summed E-state index contributed by atoms with van der Waals surface area (Å²) in [5, 5.41) is 0.983. The summed E-state index contributed by atoms with van der Waals surface area (Å²) in [6.45, 7) is 2.56. The molecule has 0 N–H and O–H groups in total. The Bertz CT molecular complexity index is 682. The van der Waals surface area contributed by atoms with Crippen LogP contribution in [0.25, 0.3) is 10.9 Å². The average molecular weight is 295 g/mol. The van der Waals surface area contributed by atoms with Crippen molar-refractivity contribution in [2.24, 2.45) is 0 Å². The van der Waals surface area contributed by atoms with Gasteiger partial charge in [0.2, 0.25) is 0 Å². The Morgan fingerprint density at radius 1 is 1.45 bits per heavy atom. The van der Waals surface area contributed by atoms with Crippen molar-refractivity contribution in [3.05, 3.63) is 39.9 Å². The maximum atomic E-state index is 12.2. The molecule has 0 aliphatic carbocycles. The number of aromatic nitrogens is 2. The molecule has 0 fully saturated rings. The van der Waals surface area contributed by atoms with Crippen LogP contribution < -0.4 is 5.56 Å². The van der Waals surface area contributed by atoms with E-state index in [1.807, 2.05) is 0 Å². The van der Waals surface area contributed by atoms with E-state index in [0.717, 1.165) is 0 Å². The van der Waals surface area contributed by atoms with Crippen molar-refractivity contribution in [2.45, 2.75) is 26.3 Å². The van der Waals surface area contributed by atoms with Gasteiger partial charge in [0.15, 0.2) is 0 Å². The van der Waals surface area contributed by atoms with Gasteiger partial charge in [-0.2, -0.15) is 0 Å². The lowest BCUT2D eigenvalue weighted by atomic mass is 10.2. The number of aryl methyl sites for hydroxylation is 1. The van der Waals surface area contributed by atoms with Crippen molar-refractivity contribution in [2.75, 3.05) is 6.61 Å². The first kappa shape index (κ1) is 14.5. The average Bonchev–Trinajstić information content (AvgIpc) is 2.42. The van der Waals surface area contributed by atoms with Crippen molar-refractivity contribution < 1.29 is 9.53 Å². The van der Waals surface area contributed by atoms with Gasteiger partial charge in [-0.15, -0.1) is 0 Å². The van der Waals surface area contributed by atoms with E-state index in [4.69, 9.17) is 16.3 Å². The molecule has 0 amide bonds. The number of carbonyl (C=O) groups excluding carboxylic acids is 1. The minimum absolute atomic E-state index is 0.152. The Morgan fingerprint density at radius 3 is 3.00 bits per heavy atom. The fourth-order valence-electron chi connectivity index (χ4n) is 1.92. The summed E-state index contributed by atoms with van der Waals surface area (Å²) in [6.07, 6.45) is 2.31. The number of benzene rings is 1. The molecular formula is C14H15ClN2O3. The summed E-state index contributed by atoms with van der Waals surface area (Å²) < 4.78 is 6.32. The van der Waals surface area contributed by atoms with Crippen LogP contribution in [0.4, 0.5) is 0 Å². The van der Waals surface area contributed by atoms with Crippen molar-refractivity contribution in [1.29, 1.82) is 0 Å². The third kappa shape index (κ3) is 3.36. The van der Waals surface area contributed by atoms with Crippen LogP contribution in [0.5, 0.6) is 0 Å². The molecule has 2 rings (SSSR count). The third-order valence-corrected chi connectivity index (χ3v) is 3.11. The molecule has 20 heavy (non-hydrogen) atoms. The number of nitrogens with zero attached hydrogens (tertiary/aromatic N) is 2. The highest BCUT2D eigenvalue weighted by molar-refractivity contribution is 6.31. The molecule has 0 spiro atoms. The molecule has 0 aliphatic rings. The Morgan fingerprint density at radius 2 is 2.25 bits per heavy atom. The van der Waals surface area contributed by atoms with E-state index in [2.05, 4.69) is 4.98 Å². The van der Waals surface area contributed by atoms with Crippen LogP contribution in [-0.2, 0) is 16.1 Å².